The maximum atomic E-state index is 8.79. The van der Waals surface area contributed by atoms with Crippen molar-refractivity contribution in [3.05, 3.63) is 29.3 Å². The number of halogens is 1. The Bertz CT molecular complexity index is 489. The molecule has 0 atom stereocenters. The van der Waals surface area contributed by atoms with E-state index in [1.165, 1.54) is 0 Å². The summed E-state index contributed by atoms with van der Waals surface area (Å²) in [5.74, 6) is -0.533. The van der Waals surface area contributed by atoms with Gasteiger partial charge < -0.3 is 28.0 Å². The molecule has 1 aromatic rings. The molecule has 1 rings (SSSR count). The molecule has 0 bridgehead atoms. The van der Waals surface area contributed by atoms with E-state index in [1.807, 2.05) is 0 Å². The molecule has 13 N–H and O–H groups in total. The highest BCUT2D eigenvalue weighted by Gasteiger charge is 1.89. The third kappa shape index (κ3) is 57.6. The molecule has 11 nitrogen and oxygen atoms in total. The molecule has 0 spiro atoms. The number of rotatable bonds is 0. The summed E-state index contributed by atoms with van der Waals surface area (Å²) in [6.45, 7) is 0. The summed E-state index contributed by atoms with van der Waals surface area (Å²) in [4.78, 5) is 0. The number of benzene rings is 1. The molecule has 122 valence electrons. The van der Waals surface area contributed by atoms with E-state index in [-0.39, 0.29) is 17.7 Å². The van der Waals surface area contributed by atoms with E-state index >= 15 is 0 Å². The summed E-state index contributed by atoms with van der Waals surface area (Å²) in [7, 11) is -4.67. The van der Waals surface area contributed by atoms with E-state index in [9.17, 15) is 0 Å². The molecule has 0 unspecified atom stereocenters. The molecule has 0 saturated carbocycles. The number of nitrogens with two attached hydrogens (primary N) is 4. The second kappa shape index (κ2) is 12.7. The SMILES string of the molecule is N=C(N)N.N=C(N)N.O=S(=O)(O)O.Oc1ccccc1Cl. The van der Waals surface area contributed by atoms with Crippen LogP contribution >= 0.6 is 11.6 Å². The van der Waals surface area contributed by atoms with Crippen molar-refractivity contribution in [2.45, 2.75) is 0 Å². The maximum absolute atomic E-state index is 8.79. The highest BCUT2D eigenvalue weighted by Crippen LogP contribution is 2.20. The fraction of sp³-hybridized carbons (Fsp3) is 0. The van der Waals surface area contributed by atoms with E-state index in [0.717, 1.165) is 0 Å². The monoisotopic (exact) mass is 344 g/mol. The number of aromatic hydroxyl groups is 1. The third-order valence-corrected chi connectivity index (χ3v) is 1.17. The Labute approximate surface area is 126 Å². The predicted octanol–water partition coefficient (Wildman–Crippen LogP) is -0.930. The molecule has 21 heavy (non-hydrogen) atoms. The second-order valence-electron chi connectivity index (χ2n) is 2.81. The standard InChI is InChI=1S/C6H5ClO.2CH5N3.H2O4S/c7-5-3-1-2-4-6(5)8;2*2-1(3)4;1-5(2,3)4/h1-4,8H;2*(H5,2,3,4);(H2,1,2,3,4). The first kappa shape index (κ1) is 23.8. The second-order valence-corrected chi connectivity index (χ2v) is 4.11. The zero-order valence-corrected chi connectivity index (χ0v) is 12.1. The lowest BCUT2D eigenvalue weighted by molar-refractivity contribution is 0.381. The minimum absolute atomic E-state index is 0.133. The lowest BCUT2D eigenvalue weighted by Gasteiger charge is -1.89. The van der Waals surface area contributed by atoms with Gasteiger partial charge in [0.05, 0.1) is 5.02 Å². The summed E-state index contributed by atoms with van der Waals surface area (Å²) < 4.78 is 31.6. The molecular weight excluding hydrogens is 328 g/mol. The van der Waals surface area contributed by atoms with E-state index in [0.29, 0.717) is 5.02 Å². The van der Waals surface area contributed by atoms with Crippen LogP contribution in [0, 0.1) is 10.8 Å². The van der Waals surface area contributed by atoms with E-state index in [1.54, 1.807) is 24.3 Å². The third-order valence-electron chi connectivity index (χ3n) is 0.852. The summed E-state index contributed by atoms with van der Waals surface area (Å²) in [6.07, 6.45) is 0. The van der Waals surface area contributed by atoms with Gasteiger partial charge in [-0.1, -0.05) is 23.7 Å². The molecule has 0 aliphatic rings. The molecule has 0 aliphatic carbocycles. The molecule has 0 fully saturated rings. The molecule has 13 heteroatoms. The topological polar surface area (TPSA) is 247 Å². The Morgan fingerprint density at radius 2 is 1.24 bits per heavy atom. The minimum atomic E-state index is -4.67. The highest BCUT2D eigenvalue weighted by atomic mass is 35.5. The van der Waals surface area contributed by atoms with Crippen molar-refractivity contribution in [2.24, 2.45) is 22.9 Å². The quantitative estimate of drug-likeness (QED) is 0.160. The van der Waals surface area contributed by atoms with Crippen LogP contribution in [-0.4, -0.2) is 34.5 Å². The summed E-state index contributed by atoms with van der Waals surface area (Å²) in [5, 5.41) is 21.3. The van der Waals surface area contributed by atoms with Gasteiger partial charge in [0.2, 0.25) is 0 Å². The van der Waals surface area contributed by atoms with Gasteiger partial charge in [-0.3, -0.25) is 19.9 Å². The van der Waals surface area contributed by atoms with Crippen molar-refractivity contribution < 1.29 is 22.6 Å². The van der Waals surface area contributed by atoms with Gasteiger partial charge in [0, 0.05) is 0 Å². The highest BCUT2D eigenvalue weighted by molar-refractivity contribution is 7.79. The lowest BCUT2D eigenvalue weighted by Crippen LogP contribution is -2.20. The largest absolute Gasteiger partial charge is 0.506 e. The molecule has 0 aliphatic heterocycles. The normalized spacial score (nSPS) is 8.52. The number of hydrogen-bond donors (Lipinski definition) is 9. The van der Waals surface area contributed by atoms with E-state index in [4.69, 9.17) is 45.0 Å². The first-order valence-corrected chi connectivity index (χ1v) is 6.37. The minimum Gasteiger partial charge on any atom is -0.506 e. The van der Waals surface area contributed by atoms with E-state index < -0.39 is 10.4 Å². The molecule has 0 amide bonds. The van der Waals surface area contributed by atoms with Gasteiger partial charge in [0.25, 0.3) is 0 Å². The molecular formula is C8H17ClN6O5S. The van der Waals surface area contributed by atoms with Crippen LogP contribution in [0.15, 0.2) is 24.3 Å². The Morgan fingerprint density at radius 1 is 1.00 bits per heavy atom. The number of phenolic OH excluding ortho intramolecular Hbond substituents is 1. The van der Waals surface area contributed by atoms with Crippen LogP contribution in [0.2, 0.25) is 5.02 Å². The Hall–Kier alpha value is -2.28. The smallest absolute Gasteiger partial charge is 0.394 e. The molecule has 0 radical (unpaired) electrons. The van der Waals surface area contributed by atoms with Gasteiger partial charge in [-0.15, -0.1) is 0 Å². The van der Waals surface area contributed by atoms with Crippen LogP contribution in [0.1, 0.15) is 0 Å². The van der Waals surface area contributed by atoms with Crippen molar-refractivity contribution >= 4 is 33.9 Å². The molecule has 0 saturated heterocycles. The van der Waals surface area contributed by atoms with Gasteiger partial charge in [-0.25, -0.2) is 0 Å². The number of para-hydroxylation sites is 1. The van der Waals surface area contributed by atoms with Gasteiger partial charge >= 0.3 is 10.4 Å². The van der Waals surface area contributed by atoms with Crippen molar-refractivity contribution in [1.82, 2.24) is 0 Å². The number of guanidine groups is 2. The van der Waals surface area contributed by atoms with Gasteiger partial charge in [-0.05, 0) is 12.1 Å². The number of phenols is 1. The van der Waals surface area contributed by atoms with Crippen LogP contribution in [-0.2, 0) is 10.4 Å². The maximum Gasteiger partial charge on any atom is 0.394 e. The van der Waals surface area contributed by atoms with Crippen LogP contribution < -0.4 is 22.9 Å². The Balaban J connectivity index is -0.000000219. The first-order chi connectivity index (χ1) is 9.27. The average molecular weight is 345 g/mol. The summed E-state index contributed by atoms with van der Waals surface area (Å²) in [5.41, 5.74) is 17.9. The fourth-order valence-corrected chi connectivity index (χ4v) is 0.587. The summed E-state index contributed by atoms with van der Waals surface area (Å²) >= 11 is 5.46. The van der Waals surface area contributed by atoms with Crippen LogP contribution in [0.25, 0.3) is 0 Å². The average Bonchev–Trinajstić information content (AvgIpc) is 2.18. The van der Waals surface area contributed by atoms with Crippen LogP contribution in [0.5, 0.6) is 5.75 Å². The van der Waals surface area contributed by atoms with Gasteiger partial charge in [0.1, 0.15) is 5.75 Å². The zero-order valence-electron chi connectivity index (χ0n) is 10.6. The van der Waals surface area contributed by atoms with Crippen molar-refractivity contribution in [3.8, 4) is 5.75 Å². The van der Waals surface area contributed by atoms with Crippen molar-refractivity contribution in [2.75, 3.05) is 0 Å². The number of nitrogens with one attached hydrogen (secondary N) is 2. The van der Waals surface area contributed by atoms with Gasteiger partial charge in [0.15, 0.2) is 11.9 Å². The molecule has 0 heterocycles. The first-order valence-electron chi connectivity index (χ1n) is 4.59. The van der Waals surface area contributed by atoms with Crippen molar-refractivity contribution in [3.63, 3.8) is 0 Å². The number of hydrogen-bond acceptors (Lipinski definition) is 5. The Morgan fingerprint density at radius 3 is 1.38 bits per heavy atom. The van der Waals surface area contributed by atoms with Crippen LogP contribution in [0.3, 0.4) is 0 Å². The molecule has 0 aromatic heterocycles. The lowest BCUT2D eigenvalue weighted by atomic mass is 10.3. The van der Waals surface area contributed by atoms with Crippen molar-refractivity contribution in [1.29, 1.82) is 10.8 Å². The summed E-state index contributed by atoms with van der Waals surface area (Å²) in [6, 6.07) is 6.67. The van der Waals surface area contributed by atoms with E-state index in [2.05, 4.69) is 22.9 Å². The predicted molar refractivity (Wildman–Crippen MR) is 79.5 cm³/mol. The Kier molecular flexibility index (Phi) is 14.4. The molecule has 1 aromatic carbocycles. The van der Waals surface area contributed by atoms with Crippen LogP contribution in [0.4, 0.5) is 0 Å². The fourth-order valence-electron chi connectivity index (χ4n) is 0.452. The zero-order chi connectivity index (χ0) is 17.6. The van der Waals surface area contributed by atoms with Gasteiger partial charge in [-0.2, -0.15) is 8.42 Å².